The van der Waals surface area contributed by atoms with Gasteiger partial charge in [0.1, 0.15) is 5.82 Å². The van der Waals surface area contributed by atoms with Crippen molar-refractivity contribution in [3.8, 4) is 0 Å². The van der Waals surface area contributed by atoms with Gasteiger partial charge in [-0.2, -0.15) is 0 Å². The molecule has 0 bridgehead atoms. The molecule has 0 aromatic carbocycles. The van der Waals surface area contributed by atoms with Gasteiger partial charge in [0.25, 0.3) is 0 Å². The summed E-state index contributed by atoms with van der Waals surface area (Å²) in [5.74, 6) is 1.79. The van der Waals surface area contributed by atoms with E-state index in [0.29, 0.717) is 6.10 Å². The van der Waals surface area contributed by atoms with E-state index in [2.05, 4.69) is 25.9 Å². The van der Waals surface area contributed by atoms with Crippen molar-refractivity contribution in [1.82, 2.24) is 15.6 Å². The standard InChI is InChI=1S/C20H35N5O/c1-21-20(25-16-17-26-18-10-4-2-3-5-11-18)24-15-9-8-14-23-19-12-6-7-13-22-19/h6-7,12-13,18H,2-5,8-11,14-17H2,1H3,(H,22,23)(H2,21,24,25). The third-order valence-electron chi connectivity index (χ3n) is 4.64. The minimum absolute atomic E-state index is 0.459. The molecule has 0 amide bonds. The van der Waals surface area contributed by atoms with Crippen LogP contribution in [0, 0.1) is 0 Å². The molecule has 0 saturated heterocycles. The summed E-state index contributed by atoms with van der Waals surface area (Å²) in [5.41, 5.74) is 0. The van der Waals surface area contributed by atoms with E-state index in [-0.39, 0.29) is 0 Å². The zero-order chi connectivity index (χ0) is 18.3. The predicted octanol–water partition coefficient (Wildman–Crippen LogP) is 3.18. The number of pyridine rings is 1. The number of nitrogens with one attached hydrogen (secondary N) is 3. The van der Waals surface area contributed by atoms with Gasteiger partial charge in [-0.1, -0.05) is 31.7 Å². The summed E-state index contributed by atoms with van der Waals surface area (Å²) in [6, 6.07) is 5.91. The minimum Gasteiger partial charge on any atom is -0.376 e. The maximum atomic E-state index is 6.00. The van der Waals surface area contributed by atoms with E-state index in [1.807, 2.05) is 25.2 Å². The number of ether oxygens (including phenoxy) is 1. The molecule has 1 aromatic rings. The molecule has 6 nitrogen and oxygen atoms in total. The van der Waals surface area contributed by atoms with Crippen LogP contribution >= 0.6 is 0 Å². The molecule has 1 aliphatic carbocycles. The third kappa shape index (κ3) is 9.04. The average molecular weight is 362 g/mol. The Balaban J connectivity index is 1.46. The van der Waals surface area contributed by atoms with Crippen LogP contribution in [-0.4, -0.2) is 50.3 Å². The Kier molecular flexibility index (Phi) is 10.6. The van der Waals surface area contributed by atoms with Gasteiger partial charge in [0.2, 0.25) is 0 Å². The van der Waals surface area contributed by atoms with Crippen LogP contribution in [0.25, 0.3) is 0 Å². The number of anilines is 1. The molecule has 1 aliphatic rings. The smallest absolute Gasteiger partial charge is 0.191 e. The molecule has 0 spiro atoms. The lowest BCUT2D eigenvalue weighted by atomic mass is 10.1. The number of unbranched alkanes of at least 4 members (excludes halogenated alkanes) is 1. The van der Waals surface area contributed by atoms with Crippen molar-refractivity contribution in [3.63, 3.8) is 0 Å². The van der Waals surface area contributed by atoms with Crippen molar-refractivity contribution in [2.24, 2.45) is 4.99 Å². The van der Waals surface area contributed by atoms with Crippen molar-refractivity contribution in [3.05, 3.63) is 24.4 Å². The predicted molar refractivity (Wildman–Crippen MR) is 109 cm³/mol. The van der Waals surface area contributed by atoms with Crippen LogP contribution in [0.15, 0.2) is 29.4 Å². The fraction of sp³-hybridized carbons (Fsp3) is 0.700. The highest BCUT2D eigenvalue weighted by atomic mass is 16.5. The van der Waals surface area contributed by atoms with Crippen LogP contribution in [-0.2, 0) is 4.74 Å². The number of rotatable bonds is 10. The van der Waals surface area contributed by atoms with Crippen LogP contribution in [0.3, 0.4) is 0 Å². The maximum absolute atomic E-state index is 6.00. The first-order chi connectivity index (χ1) is 12.9. The molecule has 146 valence electrons. The lowest BCUT2D eigenvalue weighted by Crippen LogP contribution is -2.39. The fourth-order valence-electron chi connectivity index (χ4n) is 3.16. The maximum Gasteiger partial charge on any atom is 0.191 e. The Morgan fingerprint density at radius 3 is 2.58 bits per heavy atom. The fourth-order valence-corrected chi connectivity index (χ4v) is 3.16. The van der Waals surface area contributed by atoms with Crippen molar-refractivity contribution in [1.29, 1.82) is 0 Å². The molecule has 1 saturated carbocycles. The first kappa shape index (κ1) is 20.5. The van der Waals surface area contributed by atoms with Gasteiger partial charge in [-0.25, -0.2) is 4.98 Å². The van der Waals surface area contributed by atoms with Gasteiger partial charge in [-0.05, 0) is 37.8 Å². The SMILES string of the molecule is CN=C(NCCCCNc1ccccn1)NCCOC1CCCCCC1. The zero-order valence-electron chi connectivity index (χ0n) is 16.2. The van der Waals surface area contributed by atoms with E-state index >= 15 is 0 Å². The Morgan fingerprint density at radius 1 is 1.08 bits per heavy atom. The second kappa shape index (κ2) is 13.4. The van der Waals surface area contributed by atoms with Crippen LogP contribution < -0.4 is 16.0 Å². The quantitative estimate of drug-likeness (QED) is 0.258. The van der Waals surface area contributed by atoms with Crippen molar-refractivity contribution in [2.75, 3.05) is 38.6 Å². The molecule has 6 heteroatoms. The van der Waals surface area contributed by atoms with Gasteiger partial charge in [0, 0.05) is 32.9 Å². The van der Waals surface area contributed by atoms with Crippen molar-refractivity contribution in [2.45, 2.75) is 57.5 Å². The Bertz CT molecular complexity index is 486. The number of aromatic nitrogens is 1. The summed E-state index contributed by atoms with van der Waals surface area (Å²) in [4.78, 5) is 8.52. The van der Waals surface area contributed by atoms with E-state index in [1.165, 1.54) is 38.5 Å². The molecule has 0 radical (unpaired) electrons. The lowest BCUT2D eigenvalue weighted by molar-refractivity contribution is 0.0468. The van der Waals surface area contributed by atoms with Crippen LogP contribution in [0.2, 0.25) is 0 Å². The van der Waals surface area contributed by atoms with E-state index in [0.717, 1.165) is 50.9 Å². The average Bonchev–Trinajstić information content (AvgIpc) is 2.96. The summed E-state index contributed by atoms with van der Waals surface area (Å²) in [6.45, 7) is 3.39. The first-order valence-corrected chi connectivity index (χ1v) is 10.1. The normalized spacial score (nSPS) is 16.1. The molecule has 1 heterocycles. The van der Waals surface area contributed by atoms with E-state index < -0.39 is 0 Å². The molecule has 0 atom stereocenters. The van der Waals surface area contributed by atoms with Gasteiger partial charge in [0.15, 0.2) is 5.96 Å². The summed E-state index contributed by atoms with van der Waals surface area (Å²) in [7, 11) is 1.81. The molecular formula is C20H35N5O. The highest BCUT2D eigenvalue weighted by Crippen LogP contribution is 2.19. The zero-order valence-corrected chi connectivity index (χ0v) is 16.2. The summed E-state index contributed by atoms with van der Waals surface area (Å²) in [6.07, 6.45) is 12.2. The number of guanidine groups is 1. The molecule has 1 aromatic heterocycles. The van der Waals surface area contributed by atoms with Crippen LogP contribution in [0.1, 0.15) is 51.4 Å². The summed E-state index contributed by atoms with van der Waals surface area (Å²) >= 11 is 0. The highest BCUT2D eigenvalue weighted by Gasteiger charge is 2.12. The Hall–Kier alpha value is -1.82. The lowest BCUT2D eigenvalue weighted by Gasteiger charge is -2.16. The molecular weight excluding hydrogens is 326 g/mol. The Morgan fingerprint density at radius 2 is 1.85 bits per heavy atom. The molecule has 0 unspecified atom stereocenters. The van der Waals surface area contributed by atoms with Crippen molar-refractivity contribution < 1.29 is 4.74 Å². The van der Waals surface area contributed by atoms with Gasteiger partial charge in [-0.15, -0.1) is 0 Å². The molecule has 0 aliphatic heterocycles. The van der Waals surface area contributed by atoms with Crippen LogP contribution in [0.5, 0.6) is 0 Å². The monoisotopic (exact) mass is 361 g/mol. The number of hydrogen-bond donors (Lipinski definition) is 3. The molecule has 2 rings (SSSR count). The van der Waals surface area contributed by atoms with E-state index in [1.54, 1.807) is 6.20 Å². The molecule has 3 N–H and O–H groups in total. The molecule has 26 heavy (non-hydrogen) atoms. The van der Waals surface area contributed by atoms with Gasteiger partial charge in [-0.3, -0.25) is 4.99 Å². The second-order valence-corrected chi connectivity index (χ2v) is 6.76. The second-order valence-electron chi connectivity index (χ2n) is 6.76. The largest absolute Gasteiger partial charge is 0.376 e. The third-order valence-corrected chi connectivity index (χ3v) is 4.64. The molecule has 1 fully saturated rings. The minimum atomic E-state index is 0.459. The van der Waals surface area contributed by atoms with Gasteiger partial charge < -0.3 is 20.7 Å². The van der Waals surface area contributed by atoms with Gasteiger partial charge in [0.05, 0.1) is 12.7 Å². The number of hydrogen-bond acceptors (Lipinski definition) is 4. The highest BCUT2D eigenvalue weighted by molar-refractivity contribution is 5.79. The Labute approximate surface area is 158 Å². The first-order valence-electron chi connectivity index (χ1n) is 10.1. The number of nitrogens with zero attached hydrogens (tertiary/aromatic N) is 2. The topological polar surface area (TPSA) is 70.6 Å². The van der Waals surface area contributed by atoms with E-state index in [4.69, 9.17) is 4.74 Å². The van der Waals surface area contributed by atoms with Crippen LogP contribution in [0.4, 0.5) is 5.82 Å². The summed E-state index contributed by atoms with van der Waals surface area (Å²) in [5, 5.41) is 10.0. The summed E-state index contributed by atoms with van der Waals surface area (Å²) < 4.78 is 6.00. The van der Waals surface area contributed by atoms with Gasteiger partial charge >= 0.3 is 0 Å². The van der Waals surface area contributed by atoms with E-state index in [9.17, 15) is 0 Å². The van der Waals surface area contributed by atoms with Crippen molar-refractivity contribution >= 4 is 11.8 Å². The number of aliphatic imine (C=N–C) groups is 1.